The van der Waals surface area contributed by atoms with Crippen LogP contribution in [0.5, 0.6) is 0 Å². The standard InChI is InChI=1S/C24H32O5Si/c1-5-16-27-23-22(26)21(25)20(29-23)17-28-30(24(2,3)4,18-12-8-6-9-13-18)19-14-10-7-11-15-19/h5-15,20-23,25-26H,1,16-17H2,2-4H3/t20-,21-,22+,23+/m1/s1. The number of aliphatic hydroxyl groups is 2. The quantitative estimate of drug-likeness (QED) is 0.498. The Bertz CT molecular complexity index is 766. The zero-order valence-electron chi connectivity index (χ0n) is 17.9. The van der Waals surface area contributed by atoms with E-state index in [1.165, 1.54) is 0 Å². The van der Waals surface area contributed by atoms with E-state index in [1.54, 1.807) is 6.08 Å². The number of rotatable bonds is 8. The molecule has 30 heavy (non-hydrogen) atoms. The number of ether oxygens (including phenoxy) is 2. The molecule has 5 nitrogen and oxygen atoms in total. The maximum atomic E-state index is 10.5. The number of aliphatic hydroxyl groups excluding tert-OH is 2. The smallest absolute Gasteiger partial charge is 0.261 e. The van der Waals surface area contributed by atoms with Crippen molar-refractivity contribution in [2.24, 2.45) is 0 Å². The zero-order chi connectivity index (χ0) is 21.8. The average Bonchev–Trinajstić information content (AvgIpc) is 3.01. The molecule has 1 aliphatic rings. The highest BCUT2D eigenvalue weighted by atomic mass is 28.4. The van der Waals surface area contributed by atoms with Crippen LogP contribution in [0.4, 0.5) is 0 Å². The maximum absolute atomic E-state index is 10.5. The molecule has 0 spiro atoms. The van der Waals surface area contributed by atoms with Crippen molar-refractivity contribution in [3.05, 3.63) is 73.3 Å². The van der Waals surface area contributed by atoms with Gasteiger partial charge in [0, 0.05) is 0 Å². The van der Waals surface area contributed by atoms with Crippen molar-refractivity contribution in [2.75, 3.05) is 13.2 Å². The first-order valence-electron chi connectivity index (χ1n) is 10.3. The monoisotopic (exact) mass is 428 g/mol. The summed E-state index contributed by atoms with van der Waals surface area (Å²) in [6.07, 6.45) is -2.22. The Kier molecular flexibility index (Phi) is 7.28. The minimum atomic E-state index is -2.75. The van der Waals surface area contributed by atoms with Crippen molar-refractivity contribution in [2.45, 2.75) is 50.4 Å². The normalized spacial score (nSPS) is 24.7. The van der Waals surface area contributed by atoms with Crippen LogP contribution in [0.2, 0.25) is 5.04 Å². The predicted molar refractivity (Wildman–Crippen MR) is 120 cm³/mol. The van der Waals surface area contributed by atoms with E-state index in [0.717, 1.165) is 10.4 Å². The Morgan fingerprint density at radius 1 is 0.967 bits per heavy atom. The van der Waals surface area contributed by atoms with Crippen molar-refractivity contribution < 1.29 is 24.1 Å². The fourth-order valence-corrected chi connectivity index (χ4v) is 8.69. The molecule has 4 atom stereocenters. The third-order valence-corrected chi connectivity index (χ3v) is 10.6. The molecule has 1 heterocycles. The minimum absolute atomic E-state index is 0.152. The highest BCUT2D eigenvalue weighted by molar-refractivity contribution is 6.99. The molecule has 1 saturated heterocycles. The Morgan fingerprint density at radius 2 is 1.50 bits per heavy atom. The second-order valence-corrected chi connectivity index (χ2v) is 12.9. The van der Waals surface area contributed by atoms with Gasteiger partial charge in [-0.05, 0) is 15.4 Å². The molecule has 3 rings (SSSR count). The Hall–Kier alpha value is -1.80. The van der Waals surface area contributed by atoms with Gasteiger partial charge in [-0.1, -0.05) is 87.5 Å². The van der Waals surface area contributed by atoms with Crippen molar-refractivity contribution in [1.29, 1.82) is 0 Å². The van der Waals surface area contributed by atoms with Gasteiger partial charge in [-0.2, -0.15) is 0 Å². The summed E-state index contributed by atoms with van der Waals surface area (Å²) in [5.74, 6) is 0. The molecular weight excluding hydrogens is 396 g/mol. The van der Waals surface area contributed by atoms with Gasteiger partial charge in [-0.3, -0.25) is 0 Å². The predicted octanol–water partition coefficient (Wildman–Crippen LogP) is 2.21. The van der Waals surface area contributed by atoms with Crippen LogP contribution in [-0.4, -0.2) is 56.3 Å². The van der Waals surface area contributed by atoms with E-state index in [1.807, 2.05) is 36.4 Å². The summed E-state index contributed by atoms with van der Waals surface area (Å²) in [4.78, 5) is 0. The van der Waals surface area contributed by atoms with Crippen molar-refractivity contribution in [3.8, 4) is 0 Å². The van der Waals surface area contributed by atoms with Gasteiger partial charge in [0.15, 0.2) is 6.29 Å². The van der Waals surface area contributed by atoms with Crippen LogP contribution in [0.1, 0.15) is 20.8 Å². The molecule has 1 aliphatic heterocycles. The summed E-state index contributed by atoms with van der Waals surface area (Å²) in [6, 6.07) is 20.6. The van der Waals surface area contributed by atoms with Crippen LogP contribution < -0.4 is 10.4 Å². The molecule has 0 aliphatic carbocycles. The summed E-state index contributed by atoms with van der Waals surface area (Å²) in [6.45, 7) is 10.6. The summed E-state index contributed by atoms with van der Waals surface area (Å²) < 4.78 is 18.0. The van der Waals surface area contributed by atoms with Crippen molar-refractivity contribution in [3.63, 3.8) is 0 Å². The Morgan fingerprint density at radius 3 is 1.97 bits per heavy atom. The first-order chi connectivity index (χ1) is 14.3. The minimum Gasteiger partial charge on any atom is -0.405 e. The van der Waals surface area contributed by atoms with Gasteiger partial charge in [-0.25, -0.2) is 0 Å². The van der Waals surface area contributed by atoms with Crippen LogP contribution >= 0.6 is 0 Å². The van der Waals surface area contributed by atoms with Crippen LogP contribution in [0.3, 0.4) is 0 Å². The Balaban J connectivity index is 1.93. The van der Waals surface area contributed by atoms with Gasteiger partial charge in [-0.15, -0.1) is 6.58 Å². The summed E-state index contributed by atoms with van der Waals surface area (Å²) >= 11 is 0. The molecule has 0 saturated carbocycles. The first-order valence-corrected chi connectivity index (χ1v) is 12.2. The van der Waals surface area contributed by atoms with Crippen LogP contribution in [0.25, 0.3) is 0 Å². The molecule has 2 aromatic carbocycles. The van der Waals surface area contributed by atoms with E-state index in [9.17, 15) is 10.2 Å². The lowest BCUT2D eigenvalue weighted by Gasteiger charge is -2.43. The molecule has 0 amide bonds. The molecule has 2 aromatic rings. The second kappa shape index (κ2) is 9.56. The molecule has 6 heteroatoms. The fourth-order valence-electron chi connectivity index (χ4n) is 4.12. The molecule has 2 N–H and O–H groups in total. The van der Waals surface area contributed by atoms with E-state index in [0.29, 0.717) is 0 Å². The largest absolute Gasteiger partial charge is 0.405 e. The highest BCUT2D eigenvalue weighted by Gasteiger charge is 2.52. The lowest BCUT2D eigenvalue weighted by Crippen LogP contribution is -2.67. The summed E-state index contributed by atoms with van der Waals surface area (Å²) in [5, 5.41) is 22.9. The fraction of sp³-hybridized carbons (Fsp3) is 0.417. The van der Waals surface area contributed by atoms with E-state index in [4.69, 9.17) is 13.9 Å². The highest BCUT2D eigenvalue weighted by Crippen LogP contribution is 2.37. The summed E-state index contributed by atoms with van der Waals surface area (Å²) in [7, 11) is -2.75. The van der Waals surface area contributed by atoms with E-state index in [-0.39, 0.29) is 18.3 Å². The van der Waals surface area contributed by atoms with Gasteiger partial charge in [0.25, 0.3) is 8.32 Å². The van der Waals surface area contributed by atoms with E-state index >= 15 is 0 Å². The number of hydrogen-bond donors (Lipinski definition) is 2. The SMILES string of the molecule is C=CCO[C@H]1O[C@H](CO[Si](c2ccccc2)(c2ccccc2)C(C)(C)C)[C@@H](O)[C@@H]1O. The topological polar surface area (TPSA) is 68.2 Å². The van der Waals surface area contributed by atoms with Gasteiger partial charge in [0.05, 0.1) is 13.2 Å². The van der Waals surface area contributed by atoms with E-state index < -0.39 is 32.9 Å². The van der Waals surface area contributed by atoms with Crippen LogP contribution in [0.15, 0.2) is 73.3 Å². The molecule has 0 radical (unpaired) electrons. The number of benzene rings is 2. The molecule has 0 unspecified atom stereocenters. The van der Waals surface area contributed by atoms with Crippen LogP contribution in [-0.2, 0) is 13.9 Å². The molecule has 0 aromatic heterocycles. The average molecular weight is 429 g/mol. The van der Waals surface area contributed by atoms with Gasteiger partial charge < -0.3 is 24.1 Å². The molecular formula is C24H32O5Si. The van der Waals surface area contributed by atoms with Crippen molar-refractivity contribution in [1.82, 2.24) is 0 Å². The van der Waals surface area contributed by atoms with E-state index in [2.05, 4.69) is 51.6 Å². The third kappa shape index (κ3) is 4.44. The van der Waals surface area contributed by atoms with Crippen LogP contribution in [0, 0.1) is 0 Å². The second-order valence-electron chi connectivity index (χ2n) is 8.62. The maximum Gasteiger partial charge on any atom is 0.261 e. The lowest BCUT2D eigenvalue weighted by molar-refractivity contribution is -0.162. The summed E-state index contributed by atoms with van der Waals surface area (Å²) in [5.41, 5.74) is 0. The molecule has 162 valence electrons. The zero-order valence-corrected chi connectivity index (χ0v) is 18.9. The lowest BCUT2D eigenvalue weighted by atomic mass is 10.1. The Labute approximate surface area is 180 Å². The molecule has 0 bridgehead atoms. The molecule has 1 fully saturated rings. The van der Waals surface area contributed by atoms with Gasteiger partial charge in [0.2, 0.25) is 0 Å². The number of hydrogen-bond acceptors (Lipinski definition) is 5. The third-order valence-electron chi connectivity index (χ3n) is 5.58. The van der Waals surface area contributed by atoms with Gasteiger partial charge in [0.1, 0.15) is 18.3 Å². The first kappa shape index (κ1) is 22.9. The van der Waals surface area contributed by atoms with Crippen molar-refractivity contribution >= 4 is 18.7 Å². The van der Waals surface area contributed by atoms with Gasteiger partial charge >= 0.3 is 0 Å².